The minimum Gasteiger partial charge on any atom is -0.389 e. The monoisotopic (exact) mass is 302 g/mol. The maximum absolute atomic E-state index is 13.6. The van der Waals surface area contributed by atoms with Crippen molar-refractivity contribution in [2.45, 2.75) is 20.0 Å². The van der Waals surface area contributed by atoms with Crippen LogP contribution in [-0.4, -0.2) is 16.9 Å². The highest BCUT2D eigenvalue weighted by atomic mass is 32.1. The summed E-state index contributed by atoms with van der Waals surface area (Å²) >= 11 is 4.91. The molecule has 0 saturated heterocycles. The molecule has 0 saturated carbocycles. The number of thiocarbonyl (C=S) groups is 1. The van der Waals surface area contributed by atoms with Gasteiger partial charge in [-0.15, -0.1) is 0 Å². The lowest BCUT2D eigenvalue weighted by atomic mass is 10.1. The van der Waals surface area contributed by atoms with Gasteiger partial charge in [-0.25, -0.2) is 4.39 Å². The van der Waals surface area contributed by atoms with E-state index in [0.29, 0.717) is 12.1 Å². The van der Waals surface area contributed by atoms with Gasteiger partial charge in [-0.2, -0.15) is 0 Å². The summed E-state index contributed by atoms with van der Waals surface area (Å²) in [6.07, 6.45) is 0. The van der Waals surface area contributed by atoms with Crippen LogP contribution in [0.1, 0.15) is 22.3 Å². The molecule has 110 valence electrons. The average Bonchev–Trinajstić information content (AvgIpc) is 2.40. The van der Waals surface area contributed by atoms with Gasteiger partial charge in [0.25, 0.3) is 0 Å². The lowest BCUT2D eigenvalue weighted by Crippen LogP contribution is -2.18. The SMILES string of the molecule is Cc1ccccc1CN(C)Cc1cc(F)cc(C(N)=S)c1. The molecule has 4 heteroatoms. The third-order valence-corrected chi connectivity index (χ3v) is 3.63. The smallest absolute Gasteiger partial charge is 0.124 e. The third kappa shape index (κ3) is 4.34. The number of hydrogen-bond acceptors (Lipinski definition) is 2. The van der Waals surface area contributed by atoms with Crippen molar-refractivity contribution in [2.75, 3.05) is 7.05 Å². The quantitative estimate of drug-likeness (QED) is 0.858. The molecule has 0 aromatic heterocycles. The molecule has 2 aromatic carbocycles. The Morgan fingerprint density at radius 1 is 1.19 bits per heavy atom. The minimum absolute atomic E-state index is 0.220. The van der Waals surface area contributed by atoms with Crippen LogP contribution in [-0.2, 0) is 13.1 Å². The fraction of sp³-hybridized carbons (Fsp3) is 0.235. The van der Waals surface area contributed by atoms with Gasteiger partial charge in [0, 0.05) is 18.7 Å². The maximum Gasteiger partial charge on any atom is 0.124 e. The highest BCUT2D eigenvalue weighted by Crippen LogP contribution is 2.14. The van der Waals surface area contributed by atoms with Gasteiger partial charge in [-0.3, -0.25) is 4.90 Å². The van der Waals surface area contributed by atoms with Crippen LogP contribution in [0.4, 0.5) is 4.39 Å². The van der Waals surface area contributed by atoms with Gasteiger partial charge in [0.15, 0.2) is 0 Å². The Morgan fingerprint density at radius 2 is 1.90 bits per heavy atom. The zero-order valence-corrected chi connectivity index (χ0v) is 13.1. The highest BCUT2D eigenvalue weighted by molar-refractivity contribution is 7.80. The number of benzene rings is 2. The molecular weight excluding hydrogens is 283 g/mol. The third-order valence-electron chi connectivity index (χ3n) is 3.40. The van der Waals surface area contributed by atoms with Crippen molar-refractivity contribution < 1.29 is 4.39 Å². The molecule has 0 bridgehead atoms. The molecule has 0 aliphatic heterocycles. The zero-order valence-electron chi connectivity index (χ0n) is 12.3. The van der Waals surface area contributed by atoms with E-state index in [1.54, 1.807) is 0 Å². The average molecular weight is 302 g/mol. The van der Waals surface area contributed by atoms with Crippen molar-refractivity contribution in [3.8, 4) is 0 Å². The predicted molar refractivity (Wildman–Crippen MR) is 88.6 cm³/mol. The van der Waals surface area contributed by atoms with E-state index in [9.17, 15) is 4.39 Å². The Kier molecular flexibility index (Phi) is 5.04. The first-order valence-corrected chi connectivity index (χ1v) is 7.19. The molecule has 2 N–H and O–H groups in total. The summed E-state index contributed by atoms with van der Waals surface area (Å²) < 4.78 is 13.6. The van der Waals surface area contributed by atoms with Crippen molar-refractivity contribution in [3.63, 3.8) is 0 Å². The van der Waals surface area contributed by atoms with E-state index in [2.05, 4.69) is 24.0 Å². The standard InChI is InChI=1S/C17H19FN2S/c1-12-5-3-4-6-14(12)11-20(2)10-13-7-15(17(19)21)9-16(18)8-13/h3-9H,10-11H2,1-2H3,(H2,19,21). The van der Waals surface area contributed by atoms with Gasteiger partial charge in [0.05, 0.1) is 0 Å². The summed E-state index contributed by atoms with van der Waals surface area (Å²) in [5, 5.41) is 0. The topological polar surface area (TPSA) is 29.3 Å². The molecule has 0 aliphatic carbocycles. The molecular formula is C17H19FN2S. The van der Waals surface area contributed by atoms with E-state index in [4.69, 9.17) is 18.0 Å². The van der Waals surface area contributed by atoms with Crippen LogP contribution >= 0.6 is 12.2 Å². The first-order chi connectivity index (χ1) is 9.95. The Bertz CT molecular complexity index is 655. The lowest BCUT2D eigenvalue weighted by molar-refractivity contribution is 0.318. The van der Waals surface area contributed by atoms with Crippen molar-refractivity contribution >= 4 is 17.2 Å². The molecule has 21 heavy (non-hydrogen) atoms. The fourth-order valence-corrected chi connectivity index (χ4v) is 2.45. The highest BCUT2D eigenvalue weighted by Gasteiger charge is 2.07. The number of halogens is 1. The minimum atomic E-state index is -0.306. The Morgan fingerprint density at radius 3 is 2.57 bits per heavy atom. The first-order valence-electron chi connectivity index (χ1n) is 6.78. The molecule has 0 unspecified atom stereocenters. The number of nitrogens with two attached hydrogens (primary N) is 1. The molecule has 0 spiro atoms. The van der Waals surface area contributed by atoms with Crippen LogP contribution in [0.15, 0.2) is 42.5 Å². The molecule has 0 aliphatic rings. The zero-order chi connectivity index (χ0) is 15.4. The van der Waals surface area contributed by atoms with Crippen molar-refractivity contribution in [2.24, 2.45) is 5.73 Å². The summed E-state index contributed by atoms with van der Waals surface area (Å²) in [5.41, 5.74) is 9.55. The van der Waals surface area contributed by atoms with Crippen LogP contribution in [0.3, 0.4) is 0 Å². The van der Waals surface area contributed by atoms with Crippen LogP contribution in [0, 0.1) is 12.7 Å². The van der Waals surface area contributed by atoms with E-state index in [0.717, 1.165) is 12.1 Å². The van der Waals surface area contributed by atoms with E-state index in [-0.39, 0.29) is 10.8 Å². The molecule has 0 amide bonds. The van der Waals surface area contributed by atoms with E-state index >= 15 is 0 Å². The number of rotatable bonds is 5. The Labute approximate surface area is 130 Å². The summed E-state index contributed by atoms with van der Waals surface area (Å²) in [7, 11) is 2.01. The molecule has 0 atom stereocenters. The van der Waals surface area contributed by atoms with Crippen LogP contribution in [0.5, 0.6) is 0 Å². The lowest BCUT2D eigenvalue weighted by Gasteiger charge is -2.18. The largest absolute Gasteiger partial charge is 0.389 e. The number of aryl methyl sites for hydroxylation is 1. The molecule has 0 fully saturated rings. The molecule has 0 heterocycles. The first kappa shape index (κ1) is 15.6. The summed E-state index contributed by atoms with van der Waals surface area (Å²) in [6.45, 7) is 3.55. The van der Waals surface area contributed by atoms with Crippen LogP contribution < -0.4 is 5.73 Å². The predicted octanol–water partition coefficient (Wildman–Crippen LogP) is 3.40. The summed E-state index contributed by atoms with van der Waals surface area (Å²) in [5.74, 6) is -0.306. The molecule has 2 aromatic rings. The van der Waals surface area contributed by atoms with E-state index in [1.807, 2.05) is 25.2 Å². The van der Waals surface area contributed by atoms with Gasteiger partial charge in [-0.1, -0.05) is 36.5 Å². The Balaban J connectivity index is 2.11. The second-order valence-electron chi connectivity index (χ2n) is 5.31. The van der Waals surface area contributed by atoms with Crippen molar-refractivity contribution in [3.05, 3.63) is 70.5 Å². The normalized spacial score (nSPS) is 10.9. The van der Waals surface area contributed by atoms with Crippen LogP contribution in [0.25, 0.3) is 0 Å². The second kappa shape index (κ2) is 6.78. The van der Waals surface area contributed by atoms with E-state index < -0.39 is 0 Å². The summed E-state index contributed by atoms with van der Waals surface area (Å²) in [4.78, 5) is 2.36. The van der Waals surface area contributed by atoms with Gasteiger partial charge in [0.1, 0.15) is 10.8 Å². The second-order valence-corrected chi connectivity index (χ2v) is 5.75. The van der Waals surface area contributed by atoms with Gasteiger partial charge < -0.3 is 5.73 Å². The van der Waals surface area contributed by atoms with Gasteiger partial charge in [0.2, 0.25) is 0 Å². The van der Waals surface area contributed by atoms with Crippen LogP contribution in [0.2, 0.25) is 0 Å². The molecule has 0 radical (unpaired) electrons. The number of nitrogens with zero attached hydrogens (tertiary/aromatic N) is 1. The molecule has 2 rings (SSSR count). The van der Waals surface area contributed by atoms with Crippen molar-refractivity contribution in [1.82, 2.24) is 4.90 Å². The fourth-order valence-electron chi connectivity index (χ4n) is 2.33. The van der Waals surface area contributed by atoms with Gasteiger partial charge in [-0.05, 0) is 48.9 Å². The van der Waals surface area contributed by atoms with Crippen molar-refractivity contribution in [1.29, 1.82) is 0 Å². The van der Waals surface area contributed by atoms with E-state index in [1.165, 1.54) is 23.3 Å². The maximum atomic E-state index is 13.6. The Hall–Kier alpha value is -1.78. The molecule has 2 nitrogen and oxygen atoms in total. The summed E-state index contributed by atoms with van der Waals surface area (Å²) in [6, 6.07) is 13.0. The number of hydrogen-bond donors (Lipinski definition) is 1. The van der Waals surface area contributed by atoms with Gasteiger partial charge >= 0.3 is 0 Å².